The largest absolute Gasteiger partial charge is 0.508 e. The van der Waals surface area contributed by atoms with Crippen molar-refractivity contribution in [1.29, 1.82) is 0 Å². The Hall–Kier alpha value is -0.890. The van der Waals surface area contributed by atoms with Gasteiger partial charge in [0, 0.05) is 11.4 Å². The maximum absolute atomic E-state index is 9.73. The van der Waals surface area contributed by atoms with Crippen LogP contribution in [0.5, 0.6) is 5.75 Å². The summed E-state index contributed by atoms with van der Waals surface area (Å²) in [6, 6.07) is 10.5. The van der Waals surface area contributed by atoms with Crippen molar-refractivity contribution < 1.29 is 5.11 Å². The Morgan fingerprint density at radius 1 is 0.882 bits per heavy atom. The zero-order chi connectivity index (χ0) is 12.4. The third kappa shape index (κ3) is 3.06. The van der Waals surface area contributed by atoms with Crippen LogP contribution in [0.25, 0.3) is 0 Å². The molecule has 0 aliphatic rings. The lowest BCUT2D eigenvalue weighted by molar-refractivity contribution is 0.469. The number of phenolic OH excluding ortho intramolecular Hbond substituents is 1. The first-order valence-electron chi connectivity index (χ1n) is 4.97. The molecule has 0 aliphatic heterocycles. The number of benzene rings is 2. The zero-order valence-electron chi connectivity index (χ0n) is 8.75. The molecule has 0 amide bonds. The molecule has 88 valence electrons. The minimum atomic E-state index is 0.184. The summed E-state index contributed by atoms with van der Waals surface area (Å²) in [5, 5.41) is 11.3. The molecule has 0 aromatic heterocycles. The maximum atomic E-state index is 9.73. The van der Waals surface area contributed by atoms with Crippen molar-refractivity contribution in [2.24, 2.45) is 0 Å². The van der Waals surface area contributed by atoms with E-state index in [1.807, 2.05) is 6.07 Å². The van der Waals surface area contributed by atoms with E-state index in [-0.39, 0.29) is 5.75 Å². The van der Waals surface area contributed by atoms with E-state index in [0.717, 1.165) is 11.1 Å². The predicted octanol–water partition coefficient (Wildman–Crippen LogP) is 4.94. The van der Waals surface area contributed by atoms with Crippen LogP contribution in [-0.4, -0.2) is 5.11 Å². The van der Waals surface area contributed by atoms with Crippen LogP contribution in [0.4, 0.5) is 0 Å². The summed E-state index contributed by atoms with van der Waals surface area (Å²) in [5.41, 5.74) is 1.78. The first kappa shape index (κ1) is 12.6. The summed E-state index contributed by atoms with van der Waals surface area (Å²) in [5.74, 6) is 0.184. The van der Waals surface area contributed by atoms with Crippen molar-refractivity contribution >= 4 is 34.8 Å². The molecular formula is C13H9Cl3O. The van der Waals surface area contributed by atoms with Crippen LogP contribution in [0.3, 0.4) is 0 Å². The Morgan fingerprint density at radius 2 is 1.65 bits per heavy atom. The summed E-state index contributed by atoms with van der Waals surface area (Å²) in [7, 11) is 0. The summed E-state index contributed by atoms with van der Waals surface area (Å²) >= 11 is 17.5. The first-order chi connectivity index (χ1) is 8.06. The highest BCUT2D eigenvalue weighted by Crippen LogP contribution is 2.27. The third-order valence-corrected chi connectivity index (χ3v) is 3.40. The van der Waals surface area contributed by atoms with Gasteiger partial charge in [-0.1, -0.05) is 46.9 Å². The number of halogens is 3. The third-order valence-electron chi connectivity index (χ3n) is 2.43. The van der Waals surface area contributed by atoms with Crippen molar-refractivity contribution in [1.82, 2.24) is 0 Å². The second-order valence-electron chi connectivity index (χ2n) is 3.70. The van der Waals surface area contributed by atoms with Crippen molar-refractivity contribution in [3.05, 3.63) is 62.6 Å². The van der Waals surface area contributed by atoms with E-state index in [1.54, 1.807) is 24.3 Å². The molecule has 0 aliphatic carbocycles. The number of phenols is 1. The van der Waals surface area contributed by atoms with Crippen molar-refractivity contribution in [2.45, 2.75) is 6.42 Å². The fraction of sp³-hybridized carbons (Fsp3) is 0.0769. The highest BCUT2D eigenvalue weighted by atomic mass is 35.5. The topological polar surface area (TPSA) is 20.2 Å². The van der Waals surface area contributed by atoms with Crippen LogP contribution in [0.2, 0.25) is 15.1 Å². The Labute approximate surface area is 115 Å². The summed E-state index contributed by atoms with van der Waals surface area (Å²) in [6.45, 7) is 0. The van der Waals surface area contributed by atoms with Gasteiger partial charge in [0.25, 0.3) is 0 Å². The average Bonchev–Trinajstić information content (AvgIpc) is 2.27. The van der Waals surface area contributed by atoms with Gasteiger partial charge in [0.05, 0.1) is 10.0 Å². The Bertz CT molecular complexity index is 552. The van der Waals surface area contributed by atoms with Gasteiger partial charge in [0.2, 0.25) is 0 Å². The van der Waals surface area contributed by atoms with Crippen LogP contribution in [0.15, 0.2) is 36.4 Å². The van der Waals surface area contributed by atoms with Crippen molar-refractivity contribution in [3.63, 3.8) is 0 Å². The lowest BCUT2D eigenvalue weighted by Crippen LogP contribution is -1.89. The molecule has 17 heavy (non-hydrogen) atoms. The standard InChI is InChI=1S/C13H9Cl3O/c14-10-3-2-9(13(17)7-10)5-8-1-4-11(15)12(16)6-8/h1-4,6-7,17H,5H2. The molecule has 0 unspecified atom stereocenters. The molecule has 0 radical (unpaired) electrons. The number of hydrogen-bond acceptors (Lipinski definition) is 1. The zero-order valence-corrected chi connectivity index (χ0v) is 11.0. The van der Waals surface area contributed by atoms with E-state index in [4.69, 9.17) is 34.8 Å². The van der Waals surface area contributed by atoms with Crippen LogP contribution >= 0.6 is 34.8 Å². The molecule has 0 heterocycles. The number of aromatic hydroxyl groups is 1. The molecule has 2 rings (SSSR count). The molecule has 1 N–H and O–H groups in total. The predicted molar refractivity (Wildman–Crippen MR) is 72.4 cm³/mol. The van der Waals surface area contributed by atoms with E-state index >= 15 is 0 Å². The molecule has 2 aromatic carbocycles. The van der Waals surface area contributed by atoms with E-state index in [9.17, 15) is 5.11 Å². The first-order valence-corrected chi connectivity index (χ1v) is 6.11. The van der Waals surface area contributed by atoms with Crippen LogP contribution in [0.1, 0.15) is 11.1 Å². The van der Waals surface area contributed by atoms with E-state index in [1.165, 1.54) is 6.07 Å². The summed E-state index contributed by atoms with van der Waals surface area (Å²) in [6.07, 6.45) is 0.583. The van der Waals surface area contributed by atoms with Crippen molar-refractivity contribution in [2.75, 3.05) is 0 Å². The summed E-state index contributed by atoms with van der Waals surface area (Å²) < 4.78 is 0. The fourth-order valence-electron chi connectivity index (χ4n) is 1.56. The molecule has 0 bridgehead atoms. The van der Waals surface area contributed by atoms with Gasteiger partial charge in [0.15, 0.2) is 0 Å². The number of rotatable bonds is 2. The molecule has 0 saturated carbocycles. The molecular weight excluding hydrogens is 279 g/mol. The van der Waals surface area contributed by atoms with Gasteiger partial charge >= 0.3 is 0 Å². The molecule has 1 nitrogen and oxygen atoms in total. The molecule has 0 fully saturated rings. The Morgan fingerprint density at radius 3 is 2.29 bits per heavy atom. The number of hydrogen-bond donors (Lipinski definition) is 1. The van der Waals surface area contributed by atoms with Gasteiger partial charge in [-0.2, -0.15) is 0 Å². The van der Waals surface area contributed by atoms with Gasteiger partial charge in [-0.25, -0.2) is 0 Å². The Balaban J connectivity index is 2.28. The normalized spacial score (nSPS) is 10.5. The minimum Gasteiger partial charge on any atom is -0.508 e. The van der Waals surface area contributed by atoms with Crippen LogP contribution in [-0.2, 0) is 6.42 Å². The average molecular weight is 288 g/mol. The quantitative estimate of drug-likeness (QED) is 0.829. The summed E-state index contributed by atoms with van der Waals surface area (Å²) in [4.78, 5) is 0. The monoisotopic (exact) mass is 286 g/mol. The second kappa shape index (κ2) is 5.18. The molecule has 0 atom stereocenters. The molecule has 0 spiro atoms. The lowest BCUT2D eigenvalue weighted by Gasteiger charge is -2.06. The van der Waals surface area contributed by atoms with E-state index in [0.29, 0.717) is 21.5 Å². The van der Waals surface area contributed by atoms with Crippen LogP contribution in [0, 0.1) is 0 Å². The van der Waals surface area contributed by atoms with Gasteiger partial charge < -0.3 is 5.11 Å². The van der Waals surface area contributed by atoms with Gasteiger partial charge in [-0.15, -0.1) is 0 Å². The Kier molecular flexibility index (Phi) is 3.82. The van der Waals surface area contributed by atoms with Crippen molar-refractivity contribution in [3.8, 4) is 5.75 Å². The van der Waals surface area contributed by atoms with Gasteiger partial charge in [-0.3, -0.25) is 0 Å². The van der Waals surface area contributed by atoms with Gasteiger partial charge in [0.1, 0.15) is 5.75 Å². The highest BCUT2D eigenvalue weighted by molar-refractivity contribution is 6.42. The molecule has 0 saturated heterocycles. The van der Waals surface area contributed by atoms with Crippen LogP contribution < -0.4 is 0 Å². The fourth-order valence-corrected chi connectivity index (χ4v) is 2.04. The van der Waals surface area contributed by atoms with E-state index < -0.39 is 0 Å². The van der Waals surface area contributed by atoms with E-state index in [2.05, 4.69) is 0 Å². The minimum absolute atomic E-state index is 0.184. The molecule has 2 aromatic rings. The SMILES string of the molecule is Oc1cc(Cl)ccc1Cc1ccc(Cl)c(Cl)c1. The second-order valence-corrected chi connectivity index (χ2v) is 4.95. The maximum Gasteiger partial charge on any atom is 0.120 e. The smallest absolute Gasteiger partial charge is 0.120 e. The van der Waals surface area contributed by atoms with Gasteiger partial charge in [-0.05, 0) is 35.4 Å². The lowest BCUT2D eigenvalue weighted by atomic mass is 10.0. The molecule has 4 heteroatoms. The highest BCUT2D eigenvalue weighted by Gasteiger charge is 2.05.